The van der Waals surface area contributed by atoms with Gasteiger partial charge in [-0.25, -0.2) is 13.8 Å². The number of nitrogens with one attached hydrogen (secondary N) is 1. The Kier molecular flexibility index (Phi) is 8.25. The molecule has 0 saturated heterocycles. The predicted octanol–water partition coefficient (Wildman–Crippen LogP) is 8.91. The maximum atomic E-state index is 15.4. The average Bonchev–Trinajstić information content (AvgIpc) is 3.84. The maximum absolute atomic E-state index is 15.4. The van der Waals surface area contributed by atoms with Crippen molar-refractivity contribution in [1.82, 2.24) is 24.5 Å². The summed E-state index contributed by atoms with van der Waals surface area (Å²) in [5, 5.41) is 7.71. The number of carbonyl (C=O) groups excluding carboxylic acids is 1. The molecule has 0 spiro atoms. The third-order valence-electron chi connectivity index (χ3n) is 9.22. The Bertz CT molecular complexity index is 2360. The molecule has 8 rings (SSSR count). The lowest BCUT2D eigenvalue weighted by Gasteiger charge is -2.36. The Morgan fingerprint density at radius 2 is 1.25 bits per heavy atom. The highest BCUT2D eigenvalue weighted by Gasteiger charge is 2.39. The number of amides is 1. The molecule has 5 aromatic carbocycles. The van der Waals surface area contributed by atoms with Crippen LogP contribution >= 0.6 is 0 Å². The molecule has 51 heavy (non-hydrogen) atoms. The molecule has 0 bridgehead atoms. The number of halogens is 2. The fourth-order valence-electron chi connectivity index (χ4n) is 6.69. The summed E-state index contributed by atoms with van der Waals surface area (Å²) in [7, 11) is 0. The largest absolute Gasteiger partial charge is 0.348 e. The number of aromatic nitrogens is 4. The smallest absolute Gasteiger partial charge is 0.254 e. The van der Waals surface area contributed by atoms with Crippen LogP contribution < -0.4 is 5.32 Å². The Hall–Kier alpha value is -6.67. The second-order valence-corrected chi connectivity index (χ2v) is 12.3. The van der Waals surface area contributed by atoms with E-state index in [0.29, 0.717) is 22.5 Å². The van der Waals surface area contributed by atoms with Crippen LogP contribution in [0, 0.1) is 11.6 Å². The number of fused-ring (bicyclic) bond motifs is 1. The van der Waals surface area contributed by atoms with E-state index in [9.17, 15) is 9.18 Å². The zero-order valence-corrected chi connectivity index (χ0v) is 27.3. The number of rotatable bonds is 9. The van der Waals surface area contributed by atoms with Gasteiger partial charge in [0.1, 0.15) is 22.8 Å². The van der Waals surface area contributed by atoms with Crippen LogP contribution in [0.1, 0.15) is 32.6 Å². The lowest BCUT2D eigenvalue weighted by Crippen LogP contribution is -2.38. The molecular weight excluding hydrogens is 641 g/mol. The summed E-state index contributed by atoms with van der Waals surface area (Å²) in [4.78, 5) is 17.4. The van der Waals surface area contributed by atoms with E-state index in [1.165, 1.54) is 24.3 Å². The van der Waals surface area contributed by atoms with E-state index in [2.05, 4.69) is 52.9 Å². The van der Waals surface area contributed by atoms with E-state index >= 15 is 4.39 Å². The molecule has 1 amide bonds. The van der Waals surface area contributed by atoms with Crippen LogP contribution in [-0.4, -0.2) is 25.1 Å². The first kappa shape index (κ1) is 31.6. The van der Waals surface area contributed by atoms with Crippen LogP contribution in [-0.2, 0) is 12.1 Å². The minimum absolute atomic E-state index is 0.0819. The van der Waals surface area contributed by atoms with Crippen molar-refractivity contribution in [3.63, 3.8) is 0 Å². The molecule has 3 heterocycles. The van der Waals surface area contributed by atoms with Crippen LogP contribution in [0.15, 0.2) is 170 Å². The Balaban J connectivity index is 1.15. The molecule has 0 aliphatic carbocycles. The fraction of sp³-hybridized carbons (Fsp3) is 0.0465. The quantitative estimate of drug-likeness (QED) is 0.156. The van der Waals surface area contributed by atoms with E-state index in [4.69, 9.17) is 5.10 Å². The first-order valence-corrected chi connectivity index (χ1v) is 16.5. The van der Waals surface area contributed by atoms with E-state index in [1.54, 1.807) is 24.4 Å². The summed E-state index contributed by atoms with van der Waals surface area (Å²) in [6.07, 6.45) is 7.58. The van der Waals surface area contributed by atoms with Crippen LogP contribution in [0.2, 0.25) is 0 Å². The standard InChI is InChI=1S/C43H31F2N5O/c44-37-20-16-30(17-21-37)25-47-42(51)38-22-18-31(24-39(38)45)40-27-46-41-23-19-32(28-49(40)41)33-26-48-50(29-33)43(34-10-4-1-5-11-34,35-12-6-2-7-13-35)36-14-8-3-9-15-36/h1-24,26-29H,25H2,(H,47,51). The first-order valence-electron chi connectivity index (χ1n) is 16.5. The Labute approximate surface area is 293 Å². The number of imidazole rings is 1. The zero-order valence-electron chi connectivity index (χ0n) is 27.3. The van der Waals surface area contributed by atoms with Gasteiger partial charge in [0.15, 0.2) is 0 Å². The van der Waals surface area contributed by atoms with E-state index in [0.717, 1.165) is 27.8 Å². The summed E-state index contributed by atoms with van der Waals surface area (Å²) in [6.45, 7) is 0.149. The number of hydrogen-bond donors (Lipinski definition) is 1. The highest BCUT2D eigenvalue weighted by atomic mass is 19.1. The van der Waals surface area contributed by atoms with Gasteiger partial charge in [0.25, 0.3) is 5.91 Å². The van der Waals surface area contributed by atoms with Crippen molar-refractivity contribution in [3.05, 3.63) is 210 Å². The molecule has 0 aliphatic heterocycles. The van der Waals surface area contributed by atoms with Crippen molar-refractivity contribution in [2.45, 2.75) is 12.1 Å². The molecule has 0 aliphatic rings. The Morgan fingerprint density at radius 1 is 0.647 bits per heavy atom. The molecule has 248 valence electrons. The van der Waals surface area contributed by atoms with Crippen LogP contribution in [0.25, 0.3) is 28.0 Å². The highest BCUT2D eigenvalue weighted by Crippen LogP contribution is 2.41. The van der Waals surface area contributed by atoms with Crippen molar-refractivity contribution in [1.29, 1.82) is 0 Å². The second-order valence-electron chi connectivity index (χ2n) is 12.3. The van der Waals surface area contributed by atoms with Crippen molar-refractivity contribution < 1.29 is 13.6 Å². The molecule has 1 N–H and O–H groups in total. The fourth-order valence-corrected chi connectivity index (χ4v) is 6.69. The van der Waals surface area contributed by atoms with Gasteiger partial charge >= 0.3 is 0 Å². The summed E-state index contributed by atoms with van der Waals surface area (Å²) in [5.74, 6) is -1.58. The monoisotopic (exact) mass is 671 g/mol. The SMILES string of the molecule is O=C(NCc1ccc(F)cc1)c1ccc(-c2cnc3ccc(-c4cnn(C(c5ccccc5)(c5ccccc5)c5ccccc5)c4)cn23)cc1F. The van der Waals surface area contributed by atoms with Gasteiger partial charge in [0, 0.05) is 35.6 Å². The van der Waals surface area contributed by atoms with E-state index in [1.807, 2.05) is 88.2 Å². The minimum atomic E-state index is -0.753. The van der Waals surface area contributed by atoms with Crippen LogP contribution in [0.5, 0.6) is 0 Å². The first-order chi connectivity index (χ1) is 25.0. The van der Waals surface area contributed by atoms with E-state index < -0.39 is 17.3 Å². The Morgan fingerprint density at radius 3 is 1.86 bits per heavy atom. The lowest BCUT2D eigenvalue weighted by atomic mass is 9.77. The third-order valence-corrected chi connectivity index (χ3v) is 9.22. The van der Waals surface area contributed by atoms with Gasteiger partial charge < -0.3 is 5.32 Å². The number of benzene rings is 5. The summed E-state index contributed by atoms with van der Waals surface area (Å²) in [5.41, 5.74) is 6.80. The molecule has 0 radical (unpaired) electrons. The molecule has 0 unspecified atom stereocenters. The third kappa shape index (κ3) is 5.87. The van der Waals surface area contributed by atoms with Gasteiger partial charge in [-0.1, -0.05) is 109 Å². The average molecular weight is 672 g/mol. The van der Waals surface area contributed by atoms with E-state index in [-0.39, 0.29) is 17.9 Å². The molecule has 8 aromatic rings. The molecular formula is C43H31F2N5O. The second kappa shape index (κ2) is 13.3. The predicted molar refractivity (Wildman–Crippen MR) is 194 cm³/mol. The maximum Gasteiger partial charge on any atom is 0.254 e. The van der Waals surface area contributed by atoms with Crippen molar-refractivity contribution >= 4 is 11.6 Å². The van der Waals surface area contributed by atoms with Gasteiger partial charge in [-0.3, -0.25) is 13.9 Å². The number of hydrogen-bond acceptors (Lipinski definition) is 3. The summed E-state index contributed by atoms with van der Waals surface area (Å²) < 4.78 is 32.6. The van der Waals surface area contributed by atoms with Gasteiger partial charge in [-0.05, 0) is 58.7 Å². The molecule has 6 nitrogen and oxygen atoms in total. The number of pyridine rings is 1. The zero-order chi connectivity index (χ0) is 34.8. The lowest BCUT2D eigenvalue weighted by molar-refractivity contribution is 0.0947. The summed E-state index contributed by atoms with van der Waals surface area (Å²) in [6, 6.07) is 45.3. The topological polar surface area (TPSA) is 64.2 Å². The molecule has 0 saturated carbocycles. The molecule has 0 atom stereocenters. The molecule has 0 fully saturated rings. The number of nitrogens with zero attached hydrogens (tertiary/aromatic N) is 4. The minimum Gasteiger partial charge on any atom is -0.348 e. The van der Waals surface area contributed by atoms with Gasteiger partial charge in [-0.15, -0.1) is 0 Å². The van der Waals surface area contributed by atoms with Crippen molar-refractivity contribution in [2.24, 2.45) is 0 Å². The van der Waals surface area contributed by atoms with Crippen LogP contribution in [0.3, 0.4) is 0 Å². The van der Waals surface area contributed by atoms with Gasteiger partial charge in [0.05, 0.1) is 23.7 Å². The molecule has 8 heteroatoms. The normalized spacial score (nSPS) is 11.5. The van der Waals surface area contributed by atoms with Gasteiger partial charge in [-0.2, -0.15) is 5.10 Å². The van der Waals surface area contributed by atoms with Crippen molar-refractivity contribution in [3.8, 4) is 22.4 Å². The van der Waals surface area contributed by atoms with Crippen molar-refractivity contribution in [2.75, 3.05) is 0 Å². The number of carbonyl (C=O) groups is 1. The van der Waals surface area contributed by atoms with Crippen LogP contribution in [0.4, 0.5) is 8.78 Å². The van der Waals surface area contributed by atoms with Gasteiger partial charge in [0.2, 0.25) is 0 Å². The summed E-state index contributed by atoms with van der Waals surface area (Å²) >= 11 is 0. The highest BCUT2D eigenvalue weighted by molar-refractivity contribution is 5.95. The molecule has 3 aromatic heterocycles.